The summed E-state index contributed by atoms with van der Waals surface area (Å²) in [7, 11) is 0. The zero-order valence-electron chi connectivity index (χ0n) is 8.82. The van der Waals surface area contributed by atoms with E-state index in [0.717, 1.165) is 15.8 Å². The van der Waals surface area contributed by atoms with E-state index >= 15 is 0 Å². The molecule has 0 radical (unpaired) electrons. The van der Waals surface area contributed by atoms with E-state index < -0.39 is 0 Å². The fraction of sp³-hybridized carbons (Fsp3) is 0.333. The molecule has 0 saturated carbocycles. The average Bonchev–Trinajstić information content (AvgIpc) is 2.81. The van der Waals surface area contributed by atoms with Crippen molar-refractivity contribution in [1.29, 1.82) is 0 Å². The lowest BCUT2D eigenvalue weighted by atomic mass is 10.2. The van der Waals surface area contributed by atoms with Crippen molar-refractivity contribution in [1.82, 2.24) is 0 Å². The Morgan fingerprint density at radius 3 is 2.81 bits per heavy atom. The molecule has 1 aliphatic heterocycles. The number of hydrogen-bond acceptors (Lipinski definition) is 3. The van der Waals surface area contributed by atoms with Crippen LogP contribution >= 0.6 is 15.9 Å². The monoisotopic (exact) mass is 284 g/mol. The van der Waals surface area contributed by atoms with E-state index in [2.05, 4.69) is 22.5 Å². The van der Waals surface area contributed by atoms with Crippen molar-refractivity contribution in [3.05, 3.63) is 40.9 Å². The molecule has 1 heterocycles. The van der Waals surface area contributed by atoms with E-state index in [4.69, 9.17) is 14.2 Å². The minimum Gasteiger partial charge on any atom is -0.488 e. The zero-order valence-corrected chi connectivity index (χ0v) is 10.4. The van der Waals surface area contributed by atoms with Gasteiger partial charge < -0.3 is 14.2 Å². The lowest BCUT2D eigenvalue weighted by Crippen LogP contribution is -1.99. The maximum Gasteiger partial charge on any atom is 0.184 e. The highest BCUT2D eigenvalue weighted by molar-refractivity contribution is 9.10. The molecule has 3 nitrogen and oxygen atoms in total. The minimum absolute atomic E-state index is 0.246. The average molecular weight is 285 g/mol. The van der Waals surface area contributed by atoms with Crippen LogP contribution in [0.3, 0.4) is 0 Å². The minimum atomic E-state index is -0.246. The summed E-state index contributed by atoms with van der Waals surface area (Å²) in [6.45, 7) is 5.40. The Morgan fingerprint density at radius 2 is 2.19 bits per heavy atom. The van der Waals surface area contributed by atoms with Gasteiger partial charge in [0.25, 0.3) is 0 Å². The molecular formula is C12H13BrO3. The smallest absolute Gasteiger partial charge is 0.184 e. The Kier molecular flexibility index (Phi) is 3.98. The third kappa shape index (κ3) is 2.64. The Hall–Kier alpha value is -0.840. The molecule has 0 spiro atoms. The van der Waals surface area contributed by atoms with E-state index in [1.807, 2.05) is 18.2 Å². The van der Waals surface area contributed by atoms with Crippen LogP contribution in [-0.4, -0.2) is 19.8 Å². The molecule has 1 aromatic rings. The molecule has 0 unspecified atom stereocenters. The van der Waals surface area contributed by atoms with Gasteiger partial charge in [-0.05, 0) is 28.1 Å². The summed E-state index contributed by atoms with van der Waals surface area (Å²) in [5.74, 6) is 0.793. The molecule has 2 rings (SSSR count). The normalized spacial score (nSPS) is 16.3. The number of hydrogen-bond donors (Lipinski definition) is 0. The molecule has 0 aromatic heterocycles. The van der Waals surface area contributed by atoms with E-state index in [-0.39, 0.29) is 6.29 Å². The molecule has 4 heteroatoms. The molecule has 1 fully saturated rings. The lowest BCUT2D eigenvalue weighted by molar-refractivity contribution is -0.0441. The highest BCUT2D eigenvalue weighted by Gasteiger charge is 2.19. The van der Waals surface area contributed by atoms with Crippen molar-refractivity contribution in [2.45, 2.75) is 6.29 Å². The van der Waals surface area contributed by atoms with Crippen molar-refractivity contribution in [3.8, 4) is 5.75 Å². The van der Waals surface area contributed by atoms with Crippen molar-refractivity contribution >= 4 is 15.9 Å². The van der Waals surface area contributed by atoms with Crippen LogP contribution in [0.1, 0.15) is 11.9 Å². The Morgan fingerprint density at radius 1 is 1.44 bits per heavy atom. The molecule has 1 aromatic carbocycles. The quantitative estimate of drug-likeness (QED) is 0.796. The van der Waals surface area contributed by atoms with E-state index in [0.29, 0.717) is 19.8 Å². The highest BCUT2D eigenvalue weighted by Crippen LogP contribution is 2.31. The third-order valence-electron chi connectivity index (χ3n) is 2.21. The highest BCUT2D eigenvalue weighted by atomic mass is 79.9. The van der Waals surface area contributed by atoms with Crippen LogP contribution in [0.4, 0.5) is 0 Å². The SMILES string of the molecule is C=CCOc1ccc(C2OCCO2)cc1Br. The van der Waals surface area contributed by atoms with E-state index in [9.17, 15) is 0 Å². The summed E-state index contributed by atoms with van der Waals surface area (Å²) in [5, 5.41) is 0. The van der Waals surface area contributed by atoms with Gasteiger partial charge in [0.05, 0.1) is 17.7 Å². The summed E-state index contributed by atoms with van der Waals surface area (Å²) in [6, 6.07) is 5.79. The second-order valence-corrected chi connectivity index (χ2v) is 4.22. The topological polar surface area (TPSA) is 27.7 Å². The number of halogens is 1. The molecular weight excluding hydrogens is 272 g/mol. The molecule has 0 N–H and O–H groups in total. The van der Waals surface area contributed by atoms with Gasteiger partial charge in [0, 0.05) is 5.56 Å². The molecule has 86 valence electrons. The summed E-state index contributed by atoms with van der Waals surface area (Å²) < 4.78 is 17.2. The first-order valence-corrected chi connectivity index (χ1v) is 5.87. The molecule has 1 aliphatic rings. The lowest BCUT2D eigenvalue weighted by Gasteiger charge is -2.12. The van der Waals surface area contributed by atoms with Gasteiger partial charge in [0.15, 0.2) is 6.29 Å². The number of ether oxygens (including phenoxy) is 3. The van der Waals surface area contributed by atoms with Gasteiger partial charge in [-0.2, -0.15) is 0 Å². The van der Waals surface area contributed by atoms with E-state index in [1.165, 1.54) is 0 Å². The van der Waals surface area contributed by atoms with Gasteiger partial charge in [-0.1, -0.05) is 18.7 Å². The summed E-state index contributed by atoms with van der Waals surface area (Å²) in [6.07, 6.45) is 1.47. The predicted octanol–water partition coefficient (Wildman–Crippen LogP) is 3.06. The molecule has 1 saturated heterocycles. The molecule has 0 amide bonds. The van der Waals surface area contributed by atoms with Crippen LogP contribution in [0.2, 0.25) is 0 Å². The van der Waals surface area contributed by atoms with Crippen molar-refractivity contribution in [2.24, 2.45) is 0 Å². The molecule has 0 aliphatic carbocycles. The first-order valence-electron chi connectivity index (χ1n) is 5.07. The van der Waals surface area contributed by atoms with Crippen LogP contribution < -0.4 is 4.74 Å². The Labute approximate surface area is 103 Å². The van der Waals surface area contributed by atoms with Crippen LogP contribution in [-0.2, 0) is 9.47 Å². The standard InChI is InChI=1S/C12H13BrO3/c1-2-5-14-11-4-3-9(8-10(11)13)12-15-6-7-16-12/h2-4,8,12H,1,5-7H2. The fourth-order valence-corrected chi connectivity index (χ4v) is 1.99. The molecule has 0 bridgehead atoms. The van der Waals surface area contributed by atoms with Gasteiger partial charge in [0.1, 0.15) is 12.4 Å². The number of rotatable bonds is 4. The van der Waals surface area contributed by atoms with Gasteiger partial charge in [-0.15, -0.1) is 0 Å². The van der Waals surface area contributed by atoms with Crippen LogP contribution in [0, 0.1) is 0 Å². The van der Waals surface area contributed by atoms with Crippen molar-refractivity contribution in [3.63, 3.8) is 0 Å². The molecule has 0 atom stereocenters. The van der Waals surface area contributed by atoms with Gasteiger partial charge >= 0.3 is 0 Å². The van der Waals surface area contributed by atoms with Crippen molar-refractivity contribution < 1.29 is 14.2 Å². The summed E-state index contributed by atoms with van der Waals surface area (Å²) in [4.78, 5) is 0. The number of benzene rings is 1. The van der Waals surface area contributed by atoms with Crippen molar-refractivity contribution in [2.75, 3.05) is 19.8 Å². The first-order chi connectivity index (χ1) is 7.81. The van der Waals surface area contributed by atoms with Crippen LogP contribution in [0.15, 0.2) is 35.3 Å². The van der Waals surface area contributed by atoms with Crippen LogP contribution in [0.5, 0.6) is 5.75 Å². The van der Waals surface area contributed by atoms with Gasteiger partial charge in [-0.3, -0.25) is 0 Å². The second-order valence-electron chi connectivity index (χ2n) is 3.36. The Balaban J connectivity index is 2.11. The second kappa shape index (κ2) is 5.48. The maximum absolute atomic E-state index is 5.46. The van der Waals surface area contributed by atoms with E-state index in [1.54, 1.807) is 6.08 Å². The van der Waals surface area contributed by atoms with Crippen LogP contribution in [0.25, 0.3) is 0 Å². The maximum atomic E-state index is 5.46. The fourth-order valence-electron chi connectivity index (χ4n) is 1.48. The van der Waals surface area contributed by atoms with Gasteiger partial charge in [-0.25, -0.2) is 0 Å². The zero-order chi connectivity index (χ0) is 11.4. The third-order valence-corrected chi connectivity index (χ3v) is 2.83. The molecule has 16 heavy (non-hydrogen) atoms. The summed E-state index contributed by atoms with van der Waals surface area (Å²) >= 11 is 3.45. The largest absolute Gasteiger partial charge is 0.488 e. The first kappa shape index (κ1) is 11.6. The van der Waals surface area contributed by atoms with Gasteiger partial charge in [0.2, 0.25) is 0 Å². The Bertz CT molecular complexity index is 373. The summed E-state index contributed by atoms with van der Waals surface area (Å²) in [5.41, 5.74) is 0.996. The predicted molar refractivity (Wildman–Crippen MR) is 64.5 cm³/mol.